The molecule has 1 saturated heterocycles. The Morgan fingerprint density at radius 2 is 1.44 bits per heavy atom. The summed E-state index contributed by atoms with van der Waals surface area (Å²) < 4.78 is 11.4. The molecule has 1 aliphatic heterocycles. The molecule has 7 nitrogen and oxygen atoms in total. The number of nitrogens with zero attached hydrogens (tertiary/aromatic N) is 1. The molecule has 2 aliphatic rings. The Morgan fingerprint density at radius 1 is 0.795 bits per heavy atom. The van der Waals surface area contributed by atoms with Crippen LogP contribution < -0.4 is 10.1 Å². The molecule has 0 spiro atoms. The van der Waals surface area contributed by atoms with E-state index in [0.29, 0.717) is 35.9 Å². The number of ether oxygens (including phenoxy) is 2. The number of esters is 1. The largest absolute Gasteiger partial charge is 0.459 e. The van der Waals surface area contributed by atoms with Crippen molar-refractivity contribution in [1.29, 1.82) is 0 Å². The number of amides is 2. The molecule has 2 fully saturated rings. The maximum atomic E-state index is 13.3. The van der Waals surface area contributed by atoms with Crippen molar-refractivity contribution >= 4 is 17.8 Å². The third-order valence-electron chi connectivity index (χ3n) is 7.71. The number of carbonyl (C=O) groups is 3. The zero-order chi connectivity index (χ0) is 27.0. The molecule has 2 amide bonds. The van der Waals surface area contributed by atoms with Crippen molar-refractivity contribution in [2.45, 2.75) is 44.8 Å². The third-order valence-corrected chi connectivity index (χ3v) is 7.71. The van der Waals surface area contributed by atoms with Crippen molar-refractivity contribution in [2.75, 3.05) is 13.1 Å². The molecule has 7 heteroatoms. The molecular formula is C32H34N2O5. The van der Waals surface area contributed by atoms with E-state index in [2.05, 4.69) is 5.32 Å². The number of rotatable bonds is 9. The van der Waals surface area contributed by atoms with Gasteiger partial charge in [-0.2, -0.15) is 0 Å². The molecule has 1 N–H and O–H groups in total. The number of carbonyl (C=O) groups excluding carboxylic acids is 3. The molecule has 1 heterocycles. The topological polar surface area (TPSA) is 84.9 Å². The number of benzene rings is 3. The highest BCUT2D eigenvalue weighted by atomic mass is 16.5. The Morgan fingerprint density at radius 3 is 2.13 bits per heavy atom. The van der Waals surface area contributed by atoms with Crippen LogP contribution in [0.25, 0.3) is 0 Å². The molecule has 0 unspecified atom stereocenters. The van der Waals surface area contributed by atoms with Crippen LogP contribution in [-0.2, 0) is 20.9 Å². The summed E-state index contributed by atoms with van der Waals surface area (Å²) in [6, 6.07) is 25.0. The minimum Gasteiger partial charge on any atom is -0.459 e. The predicted molar refractivity (Wildman–Crippen MR) is 147 cm³/mol. The molecule has 39 heavy (non-hydrogen) atoms. The highest BCUT2D eigenvalue weighted by Crippen LogP contribution is 2.39. The number of hydrogen-bond donors (Lipinski definition) is 1. The SMILES string of the molecule is O=C(NCC(=O)N1C[C@@H](C2CCCC2)C[C@H]1C(=O)OCc1ccccc1)c1ccc(Oc2ccccc2)cc1. The Kier molecular flexibility index (Phi) is 8.56. The first-order valence-electron chi connectivity index (χ1n) is 13.7. The highest BCUT2D eigenvalue weighted by molar-refractivity contribution is 5.97. The lowest BCUT2D eigenvalue weighted by Gasteiger charge is -2.24. The molecule has 5 rings (SSSR count). The van der Waals surface area contributed by atoms with Crippen LogP contribution in [0.4, 0.5) is 0 Å². The first-order valence-corrected chi connectivity index (χ1v) is 13.7. The van der Waals surface area contributed by atoms with Crippen LogP contribution in [0.1, 0.15) is 48.0 Å². The van der Waals surface area contributed by atoms with E-state index < -0.39 is 6.04 Å². The van der Waals surface area contributed by atoms with Crippen LogP contribution in [0.15, 0.2) is 84.9 Å². The summed E-state index contributed by atoms with van der Waals surface area (Å²) in [6.45, 7) is 0.518. The van der Waals surface area contributed by atoms with E-state index in [-0.39, 0.29) is 36.9 Å². The second-order valence-corrected chi connectivity index (χ2v) is 10.3. The Hall–Kier alpha value is -4.13. The Labute approximate surface area is 229 Å². The average molecular weight is 527 g/mol. The van der Waals surface area contributed by atoms with Gasteiger partial charge in [0.05, 0.1) is 6.54 Å². The van der Waals surface area contributed by atoms with Gasteiger partial charge in [0, 0.05) is 12.1 Å². The second-order valence-electron chi connectivity index (χ2n) is 10.3. The fourth-order valence-corrected chi connectivity index (χ4v) is 5.62. The Bertz CT molecular complexity index is 1260. The van der Waals surface area contributed by atoms with Crippen molar-refractivity contribution < 1.29 is 23.9 Å². The number of likely N-dealkylation sites (tertiary alicyclic amines) is 1. The van der Waals surface area contributed by atoms with E-state index >= 15 is 0 Å². The lowest BCUT2D eigenvalue weighted by Crippen LogP contribution is -2.46. The van der Waals surface area contributed by atoms with Gasteiger partial charge in [0.15, 0.2) is 0 Å². The average Bonchev–Trinajstić information content (AvgIpc) is 3.67. The van der Waals surface area contributed by atoms with Gasteiger partial charge in [0.1, 0.15) is 24.1 Å². The van der Waals surface area contributed by atoms with Crippen molar-refractivity contribution in [3.8, 4) is 11.5 Å². The first kappa shape index (κ1) is 26.5. The normalized spacial score (nSPS) is 19.0. The number of hydrogen-bond acceptors (Lipinski definition) is 5. The van der Waals surface area contributed by atoms with Gasteiger partial charge in [-0.1, -0.05) is 74.2 Å². The zero-order valence-electron chi connectivity index (χ0n) is 22.0. The van der Waals surface area contributed by atoms with E-state index in [4.69, 9.17) is 9.47 Å². The Balaban J connectivity index is 1.18. The number of para-hydroxylation sites is 1. The molecular weight excluding hydrogens is 492 g/mol. The zero-order valence-corrected chi connectivity index (χ0v) is 22.0. The molecule has 0 bridgehead atoms. The molecule has 1 saturated carbocycles. The van der Waals surface area contributed by atoms with Crippen molar-refractivity contribution in [3.05, 3.63) is 96.1 Å². The maximum Gasteiger partial charge on any atom is 0.329 e. The molecule has 0 radical (unpaired) electrons. The smallest absolute Gasteiger partial charge is 0.329 e. The van der Waals surface area contributed by atoms with E-state index in [0.717, 1.165) is 18.4 Å². The van der Waals surface area contributed by atoms with Gasteiger partial charge in [-0.3, -0.25) is 9.59 Å². The highest BCUT2D eigenvalue weighted by Gasteiger charge is 2.43. The molecule has 1 aliphatic carbocycles. The predicted octanol–water partition coefficient (Wildman–Crippen LogP) is 5.36. The summed E-state index contributed by atoms with van der Waals surface area (Å²) in [5, 5.41) is 2.72. The summed E-state index contributed by atoms with van der Waals surface area (Å²) in [4.78, 5) is 40.8. The van der Waals surface area contributed by atoms with Crippen LogP contribution in [0, 0.1) is 11.8 Å². The molecule has 202 valence electrons. The lowest BCUT2D eigenvalue weighted by molar-refractivity contribution is -0.154. The van der Waals surface area contributed by atoms with Crippen LogP contribution in [0.2, 0.25) is 0 Å². The standard InChI is InChI=1S/C32H34N2O5/c35-30(20-33-31(36)25-15-17-28(18-16-25)39-27-13-5-2-6-14-27)34-21-26(24-11-7-8-12-24)19-29(34)32(37)38-22-23-9-3-1-4-10-23/h1-6,9-10,13-18,24,26,29H,7-8,11-12,19-22H2,(H,33,36)/t26-,29-/m0/s1. The van der Waals surface area contributed by atoms with E-state index in [1.807, 2.05) is 60.7 Å². The summed E-state index contributed by atoms with van der Waals surface area (Å²) in [7, 11) is 0. The number of nitrogens with one attached hydrogen (secondary N) is 1. The van der Waals surface area contributed by atoms with Gasteiger partial charge >= 0.3 is 5.97 Å². The van der Waals surface area contributed by atoms with Gasteiger partial charge in [0.2, 0.25) is 5.91 Å². The fraction of sp³-hybridized carbons (Fsp3) is 0.344. The van der Waals surface area contributed by atoms with E-state index in [1.54, 1.807) is 29.2 Å². The van der Waals surface area contributed by atoms with Gasteiger partial charge in [-0.15, -0.1) is 0 Å². The quantitative estimate of drug-likeness (QED) is 0.380. The minimum absolute atomic E-state index is 0.174. The van der Waals surface area contributed by atoms with Crippen LogP contribution in [0.3, 0.4) is 0 Å². The van der Waals surface area contributed by atoms with Gasteiger partial charge in [-0.05, 0) is 60.2 Å². The second kappa shape index (κ2) is 12.6. The molecule has 3 aromatic carbocycles. The van der Waals surface area contributed by atoms with Crippen LogP contribution in [-0.4, -0.2) is 41.8 Å². The van der Waals surface area contributed by atoms with E-state index in [1.165, 1.54) is 12.8 Å². The summed E-state index contributed by atoms with van der Waals surface area (Å²) in [6.07, 6.45) is 5.28. The summed E-state index contributed by atoms with van der Waals surface area (Å²) >= 11 is 0. The van der Waals surface area contributed by atoms with Crippen molar-refractivity contribution in [3.63, 3.8) is 0 Å². The third kappa shape index (κ3) is 6.85. The lowest BCUT2D eigenvalue weighted by atomic mass is 9.89. The van der Waals surface area contributed by atoms with Crippen LogP contribution >= 0.6 is 0 Å². The monoisotopic (exact) mass is 526 g/mol. The molecule has 0 aromatic heterocycles. The van der Waals surface area contributed by atoms with Crippen molar-refractivity contribution in [2.24, 2.45) is 11.8 Å². The maximum absolute atomic E-state index is 13.3. The van der Waals surface area contributed by atoms with Crippen molar-refractivity contribution in [1.82, 2.24) is 10.2 Å². The summed E-state index contributed by atoms with van der Waals surface area (Å²) in [5.41, 5.74) is 1.33. The van der Waals surface area contributed by atoms with Gasteiger partial charge < -0.3 is 19.7 Å². The van der Waals surface area contributed by atoms with Crippen LogP contribution in [0.5, 0.6) is 11.5 Å². The molecule has 2 atom stereocenters. The summed E-state index contributed by atoms with van der Waals surface area (Å²) in [5.74, 6) is 1.11. The van der Waals surface area contributed by atoms with Gasteiger partial charge in [-0.25, -0.2) is 4.79 Å². The first-order chi connectivity index (χ1) is 19.1. The minimum atomic E-state index is -0.627. The van der Waals surface area contributed by atoms with E-state index in [9.17, 15) is 14.4 Å². The molecule has 3 aromatic rings. The fourth-order valence-electron chi connectivity index (χ4n) is 5.62. The van der Waals surface area contributed by atoms with Gasteiger partial charge in [0.25, 0.3) is 5.91 Å².